The molecule has 1 N–H and O–H groups in total. The summed E-state index contributed by atoms with van der Waals surface area (Å²) in [5.41, 5.74) is 3.21. The normalized spacial score (nSPS) is 10.9. The van der Waals surface area contributed by atoms with Crippen LogP contribution in [0.5, 0.6) is 0 Å². The lowest BCUT2D eigenvalue weighted by atomic mass is 10.2. The molecule has 0 aliphatic carbocycles. The average molecular weight is 261 g/mol. The minimum Gasteiger partial charge on any atom is -0.267 e. The number of nitro benzene ring substituents is 1. The first-order chi connectivity index (χ1) is 9.04. The zero-order valence-electron chi connectivity index (χ0n) is 10.6. The van der Waals surface area contributed by atoms with Crippen LogP contribution in [0.4, 0.5) is 5.69 Å². The Hall–Kier alpha value is -2.50. The molecule has 0 atom stereocenters. The Morgan fingerprint density at radius 3 is 2.95 bits per heavy atom. The summed E-state index contributed by atoms with van der Waals surface area (Å²) in [5, 5.41) is 14.5. The van der Waals surface area contributed by atoms with E-state index in [1.807, 2.05) is 0 Å². The lowest BCUT2D eigenvalue weighted by molar-refractivity contribution is -0.384. The summed E-state index contributed by atoms with van der Waals surface area (Å²) in [6.07, 6.45) is 3.25. The standard InChI is InChI=1S/C13H15N3O3/c1-3-4-6-10(2)14-15-13(17)11-7-5-8-12(9-11)16(18)19/h3,5,7-9H,1,4,6H2,2H3,(H,15,17)/b14-10-. The van der Waals surface area contributed by atoms with Crippen LogP contribution in [-0.2, 0) is 0 Å². The minimum absolute atomic E-state index is 0.125. The Balaban J connectivity index is 2.70. The molecule has 0 aliphatic rings. The first-order valence-corrected chi connectivity index (χ1v) is 5.73. The molecular weight excluding hydrogens is 246 g/mol. The Labute approximate surface area is 111 Å². The second-order valence-electron chi connectivity index (χ2n) is 3.92. The smallest absolute Gasteiger partial charge is 0.267 e. The van der Waals surface area contributed by atoms with Crippen molar-refractivity contribution in [3.63, 3.8) is 0 Å². The molecule has 0 unspecified atom stereocenters. The van der Waals surface area contributed by atoms with Gasteiger partial charge in [0, 0.05) is 23.4 Å². The molecule has 1 aromatic carbocycles. The molecule has 1 amide bonds. The van der Waals surface area contributed by atoms with E-state index in [-0.39, 0.29) is 11.3 Å². The highest BCUT2D eigenvalue weighted by Crippen LogP contribution is 2.12. The van der Waals surface area contributed by atoms with Gasteiger partial charge >= 0.3 is 0 Å². The molecule has 6 nitrogen and oxygen atoms in total. The highest BCUT2D eigenvalue weighted by molar-refractivity contribution is 5.95. The highest BCUT2D eigenvalue weighted by atomic mass is 16.6. The lowest BCUT2D eigenvalue weighted by Gasteiger charge is -2.02. The van der Waals surface area contributed by atoms with Crippen molar-refractivity contribution in [2.24, 2.45) is 5.10 Å². The summed E-state index contributed by atoms with van der Waals surface area (Å²) in [6.45, 7) is 5.38. The third kappa shape index (κ3) is 4.71. The first-order valence-electron chi connectivity index (χ1n) is 5.73. The van der Waals surface area contributed by atoms with Gasteiger partial charge in [-0.15, -0.1) is 6.58 Å². The van der Waals surface area contributed by atoms with Crippen LogP contribution in [0.2, 0.25) is 0 Å². The summed E-state index contributed by atoms with van der Waals surface area (Å²) in [7, 11) is 0. The molecule has 0 radical (unpaired) electrons. The third-order valence-electron chi connectivity index (χ3n) is 2.38. The van der Waals surface area contributed by atoms with Gasteiger partial charge in [-0.05, 0) is 25.8 Å². The first kappa shape index (κ1) is 14.6. The van der Waals surface area contributed by atoms with Crippen molar-refractivity contribution >= 4 is 17.3 Å². The maximum atomic E-state index is 11.7. The van der Waals surface area contributed by atoms with Crippen molar-refractivity contribution in [2.75, 3.05) is 0 Å². The Morgan fingerprint density at radius 2 is 2.32 bits per heavy atom. The van der Waals surface area contributed by atoms with Crippen LogP contribution in [0.3, 0.4) is 0 Å². The zero-order chi connectivity index (χ0) is 14.3. The van der Waals surface area contributed by atoms with E-state index in [4.69, 9.17) is 0 Å². The second kappa shape index (κ2) is 7.05. The Morgan fingerprint density at radius 1 is 1.58 bits per heavy atom. The molecule has 0 bridgehead atoms. The van der Waals surface area contributed by atoms with Gasteiger partial charge in [0.2, 0.25) is 0 Å². The molecule has 1 aromatic rings. The third-order valence-corrected chi connectivity index (χ3v) is 2.38. The van der Waals surface area contributed by atoms with Crippen molar-refractivity contribution in [2.45, 2.75) is 19.8 Å². The molecule has 6 heteroatoms. The van der Waals surface area contributed by atoms with E-state index in [1.165, 1.54) is 24.3 Å². The van der Waals surface area contributed by atoms with Crippen molar-refractivity contribution < 1.29 is 9.72 Å². The van der Waals surface area contributed by atoms with Gasteiger partial charge in [-0.25, -0.2) is 5.43 Å². The SMILES string of the molecule is C=CCC/C(C)=N\NC(=O)c1cccc([N+](=O)[O-])c1. The van der Waals surface area contributed by atoms with Gasteiger partial charge in [0.05, 0.1) is 4.92 Å². The highest BCUT2D eigenvalue weighted by Gasteiger charge is 2.10. The van der Waals surface area contributed by atoms with E-state index in [1.54, 1.807) is 13.0 Å². The fraction of sp³-hybridized carbons (Fsp3) is 0.231. The molecule has 0 aliphatic heterocycles. The predicted molar refractivity (Wildman–Crippen MR) is 73.1 cm³/mol. The number of rotatable bonds is 6. The summed E-state index contributed by atoms with van der Waals surface area (Å²) in [4.78, 5) is 21.8. The summed E-state index contributed by atoms with van der Waals surface area (Å²) in [6, 6.07) is 5.50. The van der Waals surface area contributed by atoms with Crippen LogP contribution >= 0.6 is 0 Å². The molecule has 19 heavy (non-hydrogen) atoms. The van der Waals surface area contributed by atoms with Crippen LogP contribution in [0.25, 0.3) is 0 Å². The van der Waals surface area contributed by atoms with Crippen LogP contribution in [0.1, 0.15) is 30.1 Å². The van der Waals surface area contributed by atoms with E-state index in [2.05, 4.69) is 17.1 Å². The summed E-state index contributed by atoms with van der Waals surface area (Å²) >= 11 is 0. The van der Waals surface area contributed by atoms with Gasteiger partial charge < -0.3 is 0 Å². The average Bonchev–Trinajstić information content (AvgIpc) is 2.42. The van der Waals surface area contributed by atoms with Crippen LogP contribution < -0.4 is 5.43 Å². The number of benzene rings is 1. The van der Waals surface area contributed by atoms with E-state index in [9.17, 15) is 14.9 Å². The molecule has 0 spiro atoms. The number of carbonyl (C=O) groups is 1. The number of hydrazone groups is 1. The van der Waals surface area contributed by atoms with E-state index >= 15 is 0 Å². The second-order valence-corrected chi connectivity index (χ2v) is 3.92. The molecular formula is C13H15N3O3. The van der Waals surface area contributed by atoms with E-state index in [0.29, 0.717) is 6.42 Å². The summed E-state index contributed by atoms with van der Waals surface area (Å²) in [5.74, 6) is -0.471. The maximum Gasteiger partial charge on any atom is 0.271 e. The molecule has 0 heterocycles. The van der Waals surface area contributed by atoms with Crippen molar-refractivity contribution in [3.05, 3.63) is 52.6 Å². The number of nitrogens with zero attached hydrogens (tertiary/aromatic N) is 2. The topological polar surface area (TPSA) is 84.6 Å². The number of nitrogens with one attached hydrogen (secondary N) is 1. The Bertz CT molecular complexity index is 524. The molecule has 1 rings (SSSR count). The summed E-state index contributed by atoms with van der Waals surface area (Å²) < 4.78 is 0. The monoisotopic (exact) mass is 261 g/mol. The van der Waals surface area contributed by atoms with Crippen molar-refractivity contribution in [1.29, 1.82) is 0 Å². The van der Waals surface area contributed by atoms with Crippen molar-refractivity contribution in [1.82, 2.24) is 5.43 Å². The van der Waals surface area contributed by atoms with Crippen LogP contribution in [-0.4, -0.2) is 16.5 Å². The molecule has 0 saturated heterocycles. The van der Waals surface area contributed by atoms with E-state index < -0.39 is 10.8 Å². The molecule has 100 valence electrons. The zero-order valence-corrected chi connectivity index (χ0v) is 10.6. The van der Waals surface area contributed by atoms with Gasteiger partial charge in [-0.3, -0.25) is 14.9 Å². The van der Waals surface area contributed by atoms with Crippen LogP contribution in [0.15, 0.2) is 42.0 Å². The van der Waals surface area contributed by atoms with Gasteiger partial charge in [0.1, 0.15) is 0 Å². The number of non-ortho nitro benzene ring substituents is 1. The predicted octanol–water partition coefficient (Wildman–Crippen LogP) is 2.67. The number of allylic oxidation sites excluding steroid dienone is 1. The number of hydrogen-bond donors (Lipinski definition) is 1. The minimum atomic E-state index is -0.546. The maximum absolute atomic E-state index is 11.7. The molecule has 0 fully saturated rings. The Kier molecular flexibility index (Phi) is 5.40. The van der Waals surface area contributed by atoms with Gasteiger partial charge in [0.15, 0.2) is 0 Å². The van der Waals surface area contributed by atoms with Crippen LogP contribution in [0, 0.1) is 10.1 Å². The fourth-order valence-corrected chi connectivity index (χ4v) is 1.34. The van der Waals surface area contributed by atoms with E-state index in [0.717, 1.165) is 12.1 Å². The number of nitro groups is 1. The molecule has 0 aromatic heterocycles. The largest absolute Gasteiger partial charge is 0.271 e. The van der Waals surface area contributed by atoms with Crippen molar-refractivity contribution in [3.8, 4) is 0 Å². The molecule has 0 saturated carbocycles. The van der Waals surface area contributed by atoms with Gasteiger partial charge in [0.25, 0.3) is 11.6 Å². The lowest BCUT2D eigenvalue weighted by Crippen LogP contribution is -2.19. The quantitative estimate of drug-likeness (QED) is 0.370. The fourth-order valence-electron chi connectivity index (χ4n) is 1.34. The van der Waals surface area contributed by atoms with Gasteiger partial charge in [-0.1, -0.05) is 12.1 Å². The van der Waals surface area contributed by atoms with Gasteiger partial charge in [-0.2, -0.15) is 5.10 Å². The number of carbonyl (C=O) groups excluding carboxylic acids is 1. The number of amides is 1. The number of hydrogen-bond acceptors (Lipinski definition) is 4.